The first kappa shape index (κ1) is 23.5. The van der Waals surface area contributed by atoms with E-state index in [0.717, 1.165) is 31.9 Å². The van der Waals surface area contributed by atoms with Crippen LogP contribution in [0.3, 0.4) is 0 Å². The minimum atomic E-state index is -0.197. The van der Waals surface area contributed by atoms with Gasteiger partial charge in [0.25, 0.3) is 5.56 Å². The molecule has 2 fully saturated rings. The molecule has 0 unspecified atom stereocenters. The number of hydrogen-bond donors (Lipinski definition) is 2. The summed E-state index contributed by atoms with van der Waals surface area (Å²) < 4.78 is 5.36. The standard InChI is InChI=1S/C23H31ClN6O3/c1-16-18(22(32)27-23(25-16)30-11-13-33-14-12-30)4-6-21(31)26-19-15-17(24)3-5-20(19)29-9-7-28(2)8-10-29/h3,5,15H,4,6-14H2,1-2H3,(H,26,31)(H,25,27,32). The summed E-state index contributed by atoms with van der Waals surface area (Å²) in [6, 6.07) is 5.58. The summed E-state index contributed by atoms with van der Waals surface area (Å²) in [4.78, 5) is 39.5. The van der Waals surface area contributed by atoms with Gasteiger partial charge in [-0.25, -0.2) is 4.98 Å². The molecule has 0 bridgehead atoms. The number of likely N-dealkylation sites (N-methyl/N-ethyl adjacent to an activating group) is 1. The number of piperazine rings is 1. The van der Waals surface area contributed by atoms with Crippen molar-refractivity contribution < 1.29 is 9.53 Å². The average Bonchev–Trinajstić information content (AvgIpc) is 2.80. The number of morpholine rings is 1. The second kappa shape index (κ2) is 10.5. The number of nitrogens with one attached hydrogen (secondary N) is 2. The van der Waals surface area contributed by atoms with Crippen molar-refractivity contribution in [2.24, 2.45) is 0 Å². The summed E-state index contributed by atoms with van der Waals surface area (Å²) in [5, 5.41) is 3.57. The highest BCUT2D eigenvalue weighted by Gasteiger charge is 2.20. The zero-order valence-electron chi connectivity index (χ0n) is 19.2. The Balaban J connectivity index is 1.42. The molecule has 3 heterocycles. The number of nitrogens with zero attached hydrogens (tertiary/aromatic N) is 4. The molecule has 2 saturated heterocycles. The lowest BCUT2D eigenvalue weighted by atomic mass is 10.1. The van der Waals surface area contributed by atoms with E-state index in [1.165, 1.54) is 0 Å². The summed E-state index contributed by atoms with van der Waals surface area (Å²) in [5.74, 6) is 0.397. The third kappa shape index (κ3) is 5.85. The third-order valence-electron chi connectivity index (χ3n) is 6.20. The van der Waals surface area contributed by atoms with Crippen molar-refractivity contribution in [2.45, 2.75) is 19.8 Å². The van der Waals surface area contributed by atoms with Gasteiger partial charge in [-0.15, -0.1) is 0 Å². The number of amides is 1. The second-order valence-electron chi connectivity index (χ2n) is 8.55. The Morgan fingerprint density at radius 2 is 1.88 bits per heavy atom. The fourth-order valence-electron chi connectivity index (χ4n) is 4.20. The van der Waals surface area contributed by atoms with Gasteiger partial charge in [0.05, 0.1) is 24.6 Å². The Morgan fingerprint density at radius 3 is 2.58 bits per heavy atom. The summed E-state index contributed by atoms with van der Waals surface area (Å²) in [6.45, 7) is 8.13. The lowest BCUT2D eigenvalue weighted by molar-refractivity contribution is -0.116. The van der Waals surface area contributed by atoms with Gasteiger partial charge in [-0.05, 0) is 38.6 Å². The van der Waals surface area contributed by atoms with E-state index in [9.17, 15) is 9.59 Å². The average molecular weight is 475 g/mol. The van der Waals surface area contributed by atoms with Crippen LogP contribution in [0.2, 0.25) is 5.02 Å². The van der Waals surface area contributed by atoms with Crippen LogP contribution in [0.15, 0.2) is 23.0 Å². The smallest absolute Gasteiger partial charge is 0.255 e. The molecule has 2 aromatic rings. The van der Waals surface area contributed by atoms with Crippen LogP contribution >= 0.6 is 11.6 Å². The van der Waals surface area contributed by atoms with Crippen LogP contribution in [-0.2, 0) is 16.0 Å². The predicted octanol–water partition coefficient (Wildman–Crippen LogP) is 1.89. The van der Waals surface area contributed by atoms with Crippen LogP contribution < -0.4 is 20.7 Å². The Hall–Kier alpha value is -2.62. The van der Waals surface area contributed by atoms with Crippen LogP contribution in [0, 0.1) is 6.92 Å². The van der Waals surface area contributed by atoms with Crippen molar-refractivity contribution in [3.05, 3.63) is 44.8 Å². The van der Waals surface area contributed by atoms with Gasteiger partial charge in [-0.1, -0.05) is 11.6 Å². The van der Waals surface area contributed by atoms with Crippen molar-refractivity contribution in [3.8, 4) is 0 Å². The molecule has 0 radical (unpaired) electrons. The van der Waals surface area contributed by atoms with Crippen molar-refractivity contribution in [1.29, 1.82) is 0 Å². The maximum absolute atomic E-state index is 12.8. The quantitative estimate of drug-likeness (QED) is 0.660. The molecule has 1 aromatic heterocycles. The van der Waals surface area contributed by atoms with Crippen LogP contribution in [0.1, 0.15) is 17.7 Å². The van der Waals surface area contributed by atoms with Crippen molar-refractivity contribution in [1.82, 2.24) is 14.9 Å². The largest absolute Gasteiger partial charge is 0.378 e. The van der Waals surface area contributed by atoms with Crippen molar-refractivity contribution in [2.75, 3.05) is 74.6 Å². The number of H-pyrrole nitrogens is 1. The Labute approximate surface area is 198 Å². The maximum Gasteiger partial charge on any atom is 0.255 e. The number of aromatic nitrogens is 2. The molecule has 0 spiro atoms. The van der Waals surface area contributed by atoms with Gasteiger partial charge in [-0.2, -0.15) is 0 Å². The molecule has 1 aromatic carbocycles. The Morgan fingerprint density at radius 1 is 1.15 bits per heavy atom. The lowest BCUT2D eigenvalue weighted by Gasteiger charge is -2.35. The van der Waals surface area contributed by atoms with Crippen LogP contribution in [-0.4, -0.2) is 80.3 Å². The summed E-state index contributed by atoms with van der Waals surface area (Å²) in [7, 11) is 2.11. The minimum Gasteiger partial charge on any atom is -0.378 e. The third-order valence-corrected chi connectivity index (χ3v) is 6.43. The van der Waals surface area contributed by atoms with Crippen LogP contribution in [0.25, 0.3) is 0 Å². The van der Waals surface area contributed by atoms with Gasteiger partial charge in [-0.3, -0.25) is 14.6 Å². The second-order valence-corrected chi connectivity index (χ2v) is 8.99. The van der Waals surface area contributed by atoms with Gasteiger partial charge in [0.15, 0.2) is 0 Å². The highest BCUT2D eigenvalue weighted by atomic mass is 35.5. The number of aromatic amines is 1. The van der Waals surface area contributed by atoms with E-state index in [4.69, 9.17) is 16.3 Å². The van der Waals surface area contributed by atoms with Gasteiger partial charge in [0.2, 0.25) is 11.9 Å². The van der Waals surface area contributed by atoms with E-state index in [2.05, 4.69) is 32.1 Å². The number of halogens is 1. The van der Waals surface area contributed by atoms with E-state index in [0.29, 0.717) is 60.6 Å². The maximum atomic E-state index is 12.8. The Bertz CT molecular complexity index is 1040. The van der Waals surface area contributed by atoms with Crippen LogP contribution in [0.5, 0.6) is 0 Å². The molecule has 4 rings (SSSR count). The molecule has 2 aliphatic heterocycles. The zero-order chi connectivity index (χ0) is 23.4. The molecular formula is C23H31ClN6O3. The van der Waals surface area contributed by atoms with E-state index < -0.39 is 0 Å². The zero-order valence-corrected chi connectivity index (χ0v) is 20.0. The molecule has 9 nitrogen and oxygen atoms in total. The number of carbonyl (C=O) groups excluding carboxylic acids is 1. The summed E-state index contributed by atoms with van der Waals surface area (Å²) in [6.07, 6.45) is 0.491. The molecule has 1 amide bonds. The molecular weight excluding hydrogens is 444 g/mol. The molecule has 0 atom stereocenters. The SMILES string of the molecule is Cc1nc(N2CCOCC2)[nH]c(=O)c1CCC(=O)Nc1cc(Cl)ccc1N1CCN(C)CC1. The monoisotopic (exact) mass is 474 g/mol. The number of carbonyl (C=O) groups is 1. The lowest BCUT2D eigenvalue weighted by Crippen LogP contribution is -2.44. The first-order valence-electron chi connectivity index (χ1n) is 11.4. The first-order valence-corrected chi connectivity index (χ1v) is 11.7. The summed E-state index contributed by atoms with van der Waals surface area (Å²) >= 11 is 6.21. The molecule has 10 heteroatoms. The molecule has 33 heavy (non-hydrogen) atoms. The van der Waals surface area contributed by atoms with Crippen LogP contribution in [0.4, 0.5) is 17.3 Å². The summed E-state index contributed by atoms with van der Waals surface area (Å²) in [5.41, 5.74) is 2.65. The molecule has 2 aliphatic rings. The predicted molar refractivity (Wildman–Crippen MR) is 131 cm³/mol. The van der Waals surface area contributed by atoms with Gasteiger partial charge >= 0.3 is 0 Å². The van der Waals surface area contributed by atoms with Crippen molar-refractivity contribution in [3.63, 3.8) is 0 Å². The minimum absolute atomic E-state index is 0.163. The van der Waals surface area contributed by atoms with Crippen molar-refractivity contribution >= 4 is 34.8 Å². The van der Waals surface area contributed by atoms with E-state index in [-0.39, 0.29) is 17.9 Å². The van der Waals surface area contributed by atoms with Gasteiger partial charge in [0.1, 0.15) is 0 Å². The highest BCUT2D eigenvalue weighted by Crippen LogP contribution is 2.30. The molecule has 0 aliphatic carbocycles. The number of anilines is 3. The number of benzene rings is 1. The fourth-order valence-corrected chi connectivity index (χ4v) is 4.37. The molecule has 0 saturated carbocycles. The Kier molecular flexibility index (Phi) is 7.52. The topological polar surface area (TPSA) is 93.8 Å². The first-order chi connectivity index (χ1) is 15.9. The fraction of sp³-hybridized carbons (Fsp3) is 0.522. The molecule has 2 N–H and O–H groups in total. The number of aryl methyl sites for hydroxylation is 1. The highest BCUT2D eigenvalue weighted by molar-refractivity contribution is 6.31. The number of ether oxygens (including phenoxy) is 1. The van der Waals surface area contributed by atoms with E-state index in [1.54, 1.807) is 6.07 Å². The van der Waals surface area contributed by atoms with Gasteiger partial charge < -0.3 is 24.8 Å². The normalized spacial score (nSPS) is 17.3. The number of rotatable bonds is 6. The van der Waals surface area contributed by atoms with E-state index >= 15 is 0 Å². The van der Waals surface area contributed by atoms with E-state index in [1.807, 2.05) is 24.0 Å². The molecule has 178 valence electrons. The van der Waals surface area contributed by atoms with Gasteiger partial charge in [0, 0.05) is 62.0 Å². The number of hydrogen-bond acceptors (Lipinski definition) is 7.